The monoisotopic (exact) mass is 378 g/mol. The highest BCUT2D eigenvalue weighted by Gasteiger charge is 2.29. The van der Waals surface area contributed by atoms with E-state index in [0.29, 0.717) is 35.5 Å². The van der Waals surface area contributed by atoms with Crippen LogP contribution in [0.15, 0.2) is 59.0 Å². The number of amides is 2. The topological polar surface area (TPSA) is 71.8 Å². The SMILES string of the molecule is C[C@@H](Oc1ccccc1)C(=O)Nc1c(C(=O)N2CCCC2)oc2ccccc12. The zero-order valence-electron chi connectivity index (χ0n) is 15.7. The summed E-state index contributed by atoms with van der Waals surface area (Å²) in [6.45, 7) is 3.08. The zero-order chi connectivity index (χ0) is 19.5. The lowest BCUT2D eigenvalue weighted by molar-refractivity contribution is -0.122. The molecule has 6 heteroatoms. The van der Waals surface area contributed by atoms with E-state index in [1.807, 2.05) is 36.4 Å². The van der Waals surface area contributed by atoms with Crippen LogP contribution in [0.3, 0.4) is 0 Å². The minimum absolute atomic E-state index is 0.170. The molecule has 4 rings (SSSR count). The van der Waals surface area contributed by atoms with Crippen LogP contribution in [-0.4, -0.2) is 35.9 Å². The van der Waals surface area contributed by atoms with Gasteiger partial charge in [0.05, 0.1) is 0 Å². The van der Waals surface area contributed by atoms with Gasteiger partial charge < -0.3 is 19.4 Å². The molecule has 0 spiro atoms. The summed E-state index contributed by atoms with van der Waals surface area (Å²) in [6.07, 6.45) is 1.23. The van der Waals surface area contributed by atoms with Gasteiger partial charge in [-0.2, -0.15) is 0 Å². The molecule has 28 heavy (non-hydrogen) atoms. The van der Waals surface area contributed by atoms with Gasteiger partial charge in [0.1, 0.15) is 17.0 Å². The maximum Gasteiger partial charge on any atom is 0.291 e. The number of likely N-dealkylation sites (tertiary alicyclic amines) is 1. The Kier molecular flexibility index (Phi) is 5.02. The van der Waals surface area contributed by atoms with Crippen molar-refractivity contribution in [1.29, 1.82) is 0 Å². The smallest absolute Gasteiger partial charge is 0.291 e. The predicted molar refractivity (Wildman–Crippen MR) is 107 cm³/mol. The third kappa shape index (κ3) is 3.58. The fourth-order valence-electron chi connectivity index (χ4n) is 3.37. The molecular formula is C22H22N2O4. The maximum absolute atomic E-state index is 12.9. The molecule has 0 aliphatic carbocycles. The quantitative estimate of drug-likeness (QED) is 0.726. The van der Waals surface area contributed by atoms with Gasteiger partial charge in [-0.05, 0) is 44.0 Å². The average Bonchev–Trinajstić information content (AvgIpc) is 3.37. The van der Waals surface area contributed by atoms with Crippen molar-refractivity contribution >= 4 is 28.5 Å². The summed E-state index contributed by atoms with van der Waals surface area (Å²) in [6, 6.07) is 16.5. The summed E-state index contributed by atoms with van der Waals surface area (Å²) in [4.78, 5) is 27.4. The molecule has 3 aromatic rings. The van der Waals surface area contributed by atoms with Gasteiger partial charge in [-0.1, -0.05) is 30.3 Å². The number of hydrogen-bond donors (Lipinski definition) is 1. The second-order valence-electron chi connectivity index (χ2n) is 6.86. The molecule has 0 saturated carbocycles. The van der Waals surface area contributed by atoms with Crippen molar-refractivity contribution < 1.29 is 18.7 Å². The van der Waals surface area contributed by atoms with E-state index in [4.69, 9.17) is 9.15 Å². The Morgan fingerprint density at radius 3 is 2.46 bits per heavy atom. The van der Waals surface area contributed by atoms with E-state index in [-0.39, 0.29) is 17.6 Å². The lowest BCUT2D eigenvalue weighted by Crippen LogP contribution is -2.32. The van der Waals surface area contributed by atoms with Gasteiger partial charge >= 0.3 is 0 Å². The van der Waals surface area contributed by atoms with E-state index in [9.17, 15) is 9.59 Å². The Balaban J connectivity index is 1.60. The molecule has 0 bridgehead atoms. The molecule has 1 saturated heterocycles. The molecule has 0 unspecified atom stereocenters. The number of ether oxygens (including phenoxy) is 1. The Morgan fingerprint density at radius 1 is 1.04 bits per heavy atom. The van der Waals surface area contributed by atoms with Gasteiger partial charge in [-0.15, -0.1) is 0 Å². The molecular weight excluding hydrogens is 356 g/mol. The predicted octanol–water partition coefficient (Wildman–Crippen LogP) is 4.07. The van der Waals surface area contributed by atoms with Crippen LogP contribution >= 0.6 is 0 Å². The molecule has 1 aromatic heterocycles. The number of rotatable bonds is 5. The molecule has 1 aliphatic rings. The van der Waals surface area contributed by atoms with Gasteiger partial charge in [0.2, 0.25) is 5.76 Å². The summed E-state index contributed by atoms with van der Waals surface area (Å²) < 4.78 is 11.5. The molecule has 2 aromatic carbocycles. The second kappa shape index (κ2) is 7.76. The number of hydrogen-bond acceptors (Lipinski definition) is 4. The van der Waals surface area contributed by atoms with Crippen molar-refractivity contribution in [2.75, 3.05) is 18.4 Å². The van der Waals surface area contributed by atoms with E-state index in [2.05, 4.69) is 5.32 Å². The van der Waals surface area contributed by atoms with Gasteiger partial charge in [0.25, 0.3) is 11.8 Å². The standard InChI is InChI=1S/C22H22N2O4/c1-15(27-16-9-3-2-4-10-16)21(25)23-19-17-11-5-6-12-18(17)28-20(19)22(26)24-13-7-8-14-24/h2-6,9-12,15H,7-8,13-14H2,1H3,(H,23,25)/t15-/m1/s1. The van der Waals surface area contributed by atoms with Crippen LogP contribution in [0.2, 0.25) is 0 Å². The molecule has 144 valence electrons. The highest BCUT2D eigenvalue weighted by Crippen LogP contribution is 2.32. The molecule has 2 amide bonds. The minimum Gasteiger partial charge on any atom is -0.481 e. The van der Waals surface area contributed by atoms with E-state index in [1.165, 1.54) is 0 Å². The van der Waals surface area contributed by atoms with Crippen molar-refractivity contribution in [3.8, 4) is 5.75 Å². The fourth-order valence-corrected chi connectivity index (χ4v) is 3.37. The number of nitrogens with zero attached hydrogens (tertiary/aromatic N) is 1. The Hall–Kier alpha value is -3.28. The first-order chi connectivity index (χ1) is 13.6. The van der Waals surface area contributed by atoms with Crippen molar-refractivity contribution in [2.24, 2.45) is 0 Å². The van der Waals surface area contributed by atoms with E-state index >= 15 is 0 Å². The zero-order valence-corrected chi connectivity index (χ0v) is 15.7. The van der Waals surface area contributed by atoms with Crippen molar-refractivity contribution in [1.82, 2.24) is 4.90 Å². The number of benzene rings is 2. The highest BCUT2D eigenvalue weighted by atomic mass is 16.5. The minimum atomic E-state index is -0.731. The Bertz CT molecular complexity index is 990. The van der Waals surface area contributed by atoms with Crippen LogP contribution in [0, 0.1) is 0 Å². The third-order valence-electron chi connectivity index (χ3n) is 4.86. The number of anilines is 1. The Morgan fingerprint density at radius 2 is 1.71 bits per heavy atom. The first-order valence-electron chi connectivity index (χ1n) is 9.47. The van der Waals surface area contributed by atoms with Gasteiger partial charge in [-0.25, -0.2) is 0 Å². The van der Waals surface area contributed by atoms with E-state index in [1.54, 1.807) is 30.0 Å². The number of para-hydroxylation sites is 2. The van der Waals surface area contributed by atoms with Gasteiger partial charge in [-0.3, -0.25) is 9.59 Å². The van der Waals surface area contributed by atoms with Crippen LogP contribution in [0.1, 0.15) is 30.3 Å². The van der Waals surface area contributed by atoms with Crippen molar-refractivity contribution in [3.05, 3.63) is 60.4 Å². The van der Waals surface area contributed by atoms with Crippen molar-refractivity contribution in [2.45, 2.75) is 25.9 Å². The first-order valence-corrected chi connectivity index (χ1v) is 9.47. The van der Waals surface area contributed by atoms with Crippen LogP contribution in [0.5, 0.6) is 5.75 Å². The van der Waals surface area contributed by atoms with Crippen LogP contribution in [0.4, 0.5) is 5.69 Å². The number of fused-ring (bicyclic) bond motifs is 1. The van der Waals surface area contributed by atoms with Crippen LogP contribution in [0.25, 0.3) is 11.0 Å². The number of furan rings is 1. The molecule has 6 nitrogen and oxygen atoms in total. The molecule has 1 fully saturated rings. The molecule has 2 heterocycles. The van der Waals surface area contributed by atoms with Crippen molar-refractivity contribution in [3.63, 3.8) is 0 Å². The van der Waals surface area contributed by atoms with Crippen LogP contribution in [-0.2, 0) is 4.79 Å². The van der Waals surface area contributed by atoms with Gasteiger partial charge in [0.15, 0.2) is 6.10 Å². The highest BCUT2D eigenvalue weighted by molar-refractivity contribution is 6.11. The van der Waals surface area contributed by atoms with E-state index in [0.717, 1.165) is 12.8 Å². The lowest BCUT2D eigenvalue weighted by Gasteiger charge is -2.16. The lowest BCUT2D eigenvalue weighted by atomic mass is 10.2. The molecule has 0 radical (unpaired) electrons. The number of nitrogens with one attached hydrogen (secondary N) is 1. The summed E-state index contributed by atoms with van der Waals surface area (Å²) in [5, 5.41) is 3.55. The molecule has 1 N–H and O–H groups in total. The van der Waals surface area contributed by atoms with Crippen LogP contribution < -0.4 is 10.1 Å². The fraction of sp³-hybridized carbons (Fsp3) is 0.273. The number of carbonyl (C=O) groups is 2. The molecule has 1 atom stereocenters. The normalized spacial score (nSPS) is 14.8. The first kappa shape index (κ1) is 18.1. The summed E-state index contributed by atoms with van der Waals surface area (Å²) in [5.74, 6) is 0.241. The number of carbonyl (C=O) groups excluding carboxylic acids is 2. The van der Waals surface area contributed by atoms with Gasteiger partial charge in [0, 0.05) is 18.5 Å². The largest absolute Gasteiger partial charge is 0.481 e. The Labute approximate surface area is 163 Å². The third-order valence-corrected chi connectivity index (χ3v) is 4.86. The second-order valence-corrected chi connectivity index (χ2v) is 6.86. The van der Waals surface area contributed by atoms with E-state index < -0.39 is 6.10 Å². The summed E-state index contributed by atoms with van der Waals surface area (Å²) >= 11 is 0. The average molecular weight is 378 g/mol. The maximum atomic E-state index is 12.9. The molecule has 1 aliphatic heterocycles. The summed E-state index contributed by atoms with van der Waals surface area (Å²) in [7, 11) is 0. The summed E-state index contributed by atoms with van der Waals surface area (Å²) in [5.41, 5.74) is 0.970.